The number of nitrogens with one attached hydrogen (secondary N) is 2. The molecule has 0 unspecified atom stereocenters. The second-order valence-electron chi connectivity index (χ2n) is 7.41. The van der Waals surface area contributed by atoms with E-state index in [1.54, 1.807) is 13.1 Å². The van der Waals surface area contributed by atoms with Gasteiger partial charge in [0.25, 0.3) is 11.5 Å². The third-order valence-electron chi connectivity index (χ3n) is 5.59. The molecule has 30 heavy (non-hydrogen) atoms. The summed E-state index contributed by atoms with van der Waals surface area (Å²) in [6, 6.07) is 5.61. The van der Waals surface area contributed by atoms with Crippen LogP contribution in [0.2, 0.25) is 5.15 Å². The first-order valence-corrected chi connectivity index (χ1v) is 10.5. The van der Waals surface area contributed by atoms with Crippen LogP contribution in [0.3, 0.4) is 0 Å². The highest BCUT2D eigenvalue weighted by Gasteiger charge is 2.21. The summed E-state index contributed by atoms with van der Waals surface area (Å²) in [5.74, 6) is -0.253. The summed E-state index contributed by atoms with van der Waals surface area (Å²) in [7, 11) is 1.57. The molecule has 158 valence electrons. The minimum Gasteiger partial charge on any atom is -0.366 e. The van der Waals surface area contributed by atoms with E-state index < -0.39 is 0 Å². The van der Waals surface area contributed by atoms with Crippen LogP contribution in [0.4, 0.5) is 5.69 Å². The monoisotopic (exact) mass is 428 g/mol. The summed E-state index contributed by atoms with van der Waals surface area (Å²) >= 11 is 6.34. The first kappa shape index (κ1) is 20.4. The summed E-state index contributed by atoms with van der Waals surface area (Å²) < 4.78 is 1.99. The van der Waals surface area contributed by atoms with Gasteiger partial charge in [0.2, 0.25) is 0 Å². The minimum atomic E-state index is -0.253. The van der Waals surface area contributed by atoms with Crippen LogP contribution >= 0.6 is 11.6 Å². The number of amides is 1. The molecular weight excluding hydrogens is 404 g/mol. The number of carbonyl (C=O) groups is 1. The van der Waals surface area contributed by atoms with Crippen LogP contribution in [0, 0.1) is 0 Å². The van der Waals surface area contributed by atoms with Crippen molar-refractivity contribution in [3.63, 3.8) is 0 Å². The number of hydrogen-bond acceptors (Lipinski definition) is 5. The molecule has 0 bridgehead atoms. The number of nitrogens with zero attached hydrogens (tertiary/aromatic N) is 4. The van der Waals surface area contributed by atoms with E-state index in [-0.39, 0.29) is 11.5 Å². The third kappa shape index (κ3) is 3.93. The Balaban J connectivity index is 1.43. The molecule has 0 atom stereocenters. The second-order valence-corrected chi connectivity index (χ2v) is 7.77. The zero-order chi connectivity index (χ0) is 21.3. The molecule has 8 nitrogen and oxygen atoms in total. The maximum atomic E-state index is 12.2. The molecule has 1 aliphatic rings. The molecule has 0 saturated carbocycles. The number of hydrogen-bond donors (Lipinski definition) is 2. The van der Waals surface area contributed by atoms with E-state index in [2.05, 4.69) is 31.2 Å². The Hall–Kier alpha value is -2.84. The van der Waals surface area contributed by atoms with Crippen molar-refractivity contribution in [1.82, 2.24) is 24.6 Å². The van der Waals surface area contributed by atoms with Crippen molar-refractivity contribution in [1.29, 1.82) is 0 Å². The molecule has 1 fully saturated rings. The van der Waals surface area contributed by atoms with Crippen molar-refractivity contribution in [3.8, 4) is 0 Å². The van der Waals surface area contributed by atoms with Gasteiger partial charge in [0, 0.05) is 63.3 Å². The Morgan fingerprint density at radius 3 is 2.63 bits per heavy atom. The zero-order valence-electron chi connectivity index (χ0n) is 17.1. The maximum Gasteiger partial charge on any atom is 0.269 e. The number of fused-ring (bicyclic) bond motifs is 1. The maximum absolute atomic E-state index is 12.2. The zero-order valence-corrected chi connectivity index (χ0v) is 17.9. The highest BCUT2D eigenvalue weighted by atomic mass is 35.5. The number of aryl methyl sites for hydroxylation is 1. The number of aromatic nitrogens is 3. The van der Waals surface area contributed by atoms with E-state index in [1.165, 1.54) is 0 Å². The van der Waals surface area contributed by atoms with Gasteiger partial charge < -0.3 is 19.6 Å². The molecule has 2 N–H and O–H groups in total. The number of H-pyrrole nitrogens is 1. The van der Waals surface area contributed by atoms with Crippen molar-refractivity contribution in [2.24, 2.45) is 0 Å². The highest BCUT2D eigenvalue weighted by molar-refractivity contribution is 6.32. The summed E-state index contributed by atoms with van der Waals surface area (Å²) in [5.41, 5.74) is 3.89. The Morgan fingerprint density at radius 1 is 1.20 bits per heavy atom. The Morgan fingerprint density at radius 2 is 1.97 bits per heavy atom. The average molecular weight is 429 g/mol. The van der Waals surface area contributed by atoms with Crippen molar-refractivity contribution in [2.75, 3.05) is 38.1 Å². The standard InChI is InChI=1S/C21H25ClN6O2/c1-3-14-13-28-7-6-15(19(28)25-20(14)29)12-26-8-10-27(11-9-26)17-5-4-16(21(30)23-2)24-18(17)22/h4-7,13H,3,8-12H2,1-2H3,(H,23,30)(H,25,29). The van der Waals surface area contributed by atoms with Crippen LogP contribution in [0.15, 0.2) is 35.4 Å². The molecule has 0 radical (unpaired) electrons. The molecule has 0 spiro atoms. The van der Waals surface area contributed by atoms with Gasteiger partial charge in [-0.1, -0.05) is 18.5 Å². The fraction of sp³-hybridized carbons (Fsp3) is 0.381. The van der Waals surface area contributed by atoms with E-state index >= 15 is 0 Å². The van der Waals surface area contributed by atoms with Crippen LogP contribution in [-0.4, -0.2) is 58.4 Å². The van der Waals surface area contributed by atoms with E-state index in [9.17, 15) is 9.59 Å². The van der Waals surface area contributed by atoms with E-state index in [1.807, 2.05) is 29.8 Å². The Kier molecular flexibility index (Phi) is 5.78. The van der Waals surface area contributed by atoms with Crippen molar-refractivity contribution >= 4 is 28.8 Å². The fourth-order valence-electron chi connectivity index (χ4n) is 3.84. The topological polar surface area (TPSA) is 85.7 Å². The third-order valence-corrected chi connectivity index (χ3v) is 5.87. The van der Waals surface area contributed by atoms with E-state index in [0.717, 1.165) is 55.2 Å². The Labute approximate surface area is 179 Å². The van der Waals surface area contributed by atoms with Gasteiger partial charge in [-0.15, -0.1) is 0 Å². The first-order chi connectivity index (χ1) is 14.5. The van der Waals surface area contributed by atoms with Crippen LogP contribution in [0.5, 0.6) is 0 Å². The Bertz CT molecular complexity index is 1130. The van der Waals surface area contributed by atoms with Gasteiger partial charge >= 0.3 is 0 Å². The molecule has 9 heteroatoms. The van der Waals surface area contributed by atoms with E-state index in [0.29, 0.717) is 17.3 Å². The lowest BCUT2D eigenvalue weighted by Gasteiger charge is -2.36. The van der Waals surface area contributed by atoms with Crippen LogP contribution < -0.4 is 15.8 Å². The highest BCUT2D eigenvalue weighted by Crippen LogP contribution is 2.26. The second kappa shape index (κ2) is 8.49. The van der Waals surface area contributed by atoms with Crippen molar-refractivity contribution in [3.05, 3.63) is 62.9 Å². The van der Waals surface area contributed by atoms with Crippen molar-refractivity contribution < 1.29 is 4.79 Å². The molecule has 0 aliphatic carbocycles. The SMILES string of the molecule is CCc1cn2ccc(CN3CCN(c4ccc(C(=O)NC)nc4Cl)CC3)c2[nH]c1=O. The first-order valence-electron chi connectivity index (χ1n) is 10.1. The van der Waals surface area contributed by atoms with Crippen LogP contribution in [0.1, 0.15) is 28.5 Å². The van der Waals surface area contributed by atoms with E-state index in [4.69, 9.17) is 11.6 Å². The summed E-state index contributed by atoms with van der Waals surface area (Å²) in [6.45, 7) is 6.10. The number of anilines is 1. The molecule has 1 saturated heterocycles. The molecule has 4 heterocycles. The molecule has 3 aromatic rings. The van der Waals surface area contributed by atoms with Gasteiger partial charge in [-0.3, -0.25) is 14.5 Å². The smallest absolute Gasteiger partial charge is 0.269 e. The number of piperazine rings is 1. The number of pyridine rings is 1. The number of carbonyl (C=O) groups excluding carboxylic acids is 1. The largest absolute Gasteiger partial charge is 0.366 e. The van der Waals surface area contributed by atoms with Crippen LogP contribution in [-0.2, 0) is 13.0 Å². The molecular formula is C21H25ClN6O2. The lowest BCUT2D eigenvalue weighted by Crippen LogP contribution is -2.46. The number of halogens is 1. The number of rotatable bonds is 5. The fourth-order valence-corrected chi connectivity index (χ4v) is 4.11. The number of aromatic amines is 1. The van der Waals surface area contributed by atoms with Crippen molar-refractivity contribution in [2.45, 2.75) is 19.9 Å². The predicted molar refractivity (Wildman–Crippen MR) is 118 cm³/mol. The summed E-state index contributed by atoms with van der Waals surface area (Å²) in [4.78, 5) is 35.7. The molecule has 0 aromatic carbocycles. The lowest BCUT2D eigenvalue weighted by molar-refractivity contribution is 0.0958. The summed E-state index contributed by atoms with van der Waals surface area (Å²) in [5, 5.41) is 2.89. The normalized spacial score (nSPS) is 15.0. The van der Waals surface area contributed by atoms with Gasteiger partial charge in [-0.05, 0) is 24.6 Å². The minimum absolute atomic E-state index is 0.0166. The van der Waals surface area contributed by atoms with Gasteiger partial charge in [0.1, 0.15) is 11.3 Å². The van der Waals surface area contributed by atoms with Gasteiger partial charge in [-0.25, -0.2) is 4.98 Å². The lowest BCUT2D eigenvalue weighted by atomic mass is 10.2. The molecule has 4 rings (SSSR count). The van der Waals surface area contributed by atoms with Gasteiger partial charge in [-0.2, -0.15) is 0 Å². The predicted octanol–water partition coefficient (Wildman–Crippen LogP) is 1.92. The van der Waals surface area contributed by atoms with Gasteiger partial charge in [0.15, 0.2) is 5.15 Å². The molecule has 3 aromatic heterocycles. The van der Waals surface area contributed by atoms with Crippen LogP contribution in [0.25, 0.3) is 5.65 Å². The van der Waals surface area contributed by atoms with Gasteiger partial charge in [0.05, 0.1) is 5.69 Å². The average Bonchev–Trinajstić information content (AvgIpc) is 3.14. The summed E-state index contributed by atoms with van der Waals surface area (Å²) in [6.07, 6.45) is 4.62. The molecule has 1 amide bonds. The molecule has 1 aliphatic heterocycles. The quantitative estimate of drug-likeness (QED) is 0.606.